The first-order valence-electron chi connectivity index (χ1n) is 9.49. The molecule has 1 saturated heterocycles. The first kappa shape index (κ1) is 15.8. The molecule has 0 bridgehead atoms. The second kappa shape index (κ2) is 6.36. The van der Waals surface area contributed by atoms with Gasteiger partial charge in [0.25, 0.3) is 0 Å². The van der Waals surface area contributed by atoms with Crippen molar-refractivity contribution in [2.75, 3.05) is 25.0 Å². The molecule has 2 aliphatic rings. The fourth-order valence-electron chi connectivity index (χ4n) is 4.25. The number of nitrogens with zero attached hydrogens (tertiary/aromatic N) is 5. The van der Waals surface area contributed by atoms with Crippen molar-refractivity contribution < 1.29 is 0 Å². The van der Waals surface area contributed by atoms with Gasteiger partial charge in [-0.05, 0) is 38.8 Å². The summed E-state index contributed by atoms with van der Waals surface area (Å²) in [6.45, 7) is 2.19. The van der Waals surface area contributed by atoms with E-state index in [0.717, 1.165) is 35.9 Å². The number of likely N-dealkylation sites (N-methyl/N-ethyl adjacent to an activating group) is 1. The first-order valence-corrected chi connectivity index (χ1v) is 9.49. The molecular formula is C20H24N6. The highest BCUT2D eigenvalue weighted by atomic mass is 15.2. The first-order chi connectivity index (χ1) is 12.8. The number of rotatable bonds is 4. The van der Waals surface area contributed by atoms with Crippen molar-refractivity contribution in [1.82, 2.24) is 24.8 Å². The molecule has 3 aromatic rings. The lowest BCUT2D eigenvalue weighted by molar-refractivity contribution is 0.206. The fraction of sp³-hybridized carbons (Fsp3) is 0.450. The van der Waals surface area contributed by atoms with E-state index in [1.165, 1.54) is 36.8 Å². The Kier molecular flexibility index (Phi) is 3.85. The zero-order valence-electron chi connectivity index (χ0n) is 15.1. The largest absolute Gasteiger partial charge is 0.369 e. The van der Waals surface area contributed by atoms with Crippen molar-refractivity contribution in [3.8, 4) is 11.1 Å². The van der Waals surface area contributed by atoms with Crippen LogP contribution in [0.1, 0.15) is 25.7 Å². The van der Waals surface area contributed by atoms with E-state index in [-0.39, 0.29) is 0 Å². The number of pyridine rings is 1. The molecule has 3 aromatic heterocycles. The maximum absolute atomic E-state index is 4.54. The zero-order valence-corrected chi connectivity index (χ0v) is 15.1. The molecule has 1 aliphatic heterocycles. The van der Waals surface area contributed by atoms with Gasteiger partial charge >= 0.3 is 0 Å². The van der Waals surface area contributed by atoms with E-state index >= 15 is 0 Å². The van der Waals surface area contributed by atoms with E-state index in [4.69, 9.17) is 0 Å². The van der Waals surface area contributed by atoms with E-state index < -0.39 is 0 Å². The molecule has 0 aromatic carbocycles. The summed E-state index contributed by atoms with van der Waals surface area (Å²) in [5.74, 6) is 0. The van der Waals surface area contributed by atoms with Crippen LogP contribution >= 0.6 is 0 Å². The highest BCUT2D eigenvalue weighted by Gasteiger charge is 2.33. The van der Waals surface area contributed by atoms with Crippen LogP contribution in [0.2, 0.25) is 0 Å². The maximum atomic E-state index is 4.54. The third kappa shape index (κ3) is 2.74. The number of aromatic amines is 1. The molecule has 0 amide bonds. The van der Waals surface area contributed by atoms with Gasteiger partial charge in [-0.1, -0.05) is 0 Å². The van der Waals surface area contributed by atoms with Gasteiger partial charge in [-0.15, -0.1) is 0 Å². The third-order valence-electron chi connectivity index (χ3n) is 5.86. The second-order valence-corrected chi connectivity index (χ2v) is 7.52. The van der Waals surface area contributed by atoms with Gasteiger partial charge in [0, 0.05) is 66.8 Å². The molecule has 1 saturated carbocycles. The van der Waals surface area contributed by atoms with Gasteiger partial charge in [-0.3, -0.25) is 4.90 Å². The van der Waals surface area contributed by atoms with Gasteiger partial charge in [0.2, 0.25) is 0 Å². The summed E-state index contributed by atoms with van der Waals surface area (Å²) in [6.07, 6.45) is 14.5. The Balaban J connectivity index is 1.53. The fourth-order valence-corrected chi connectivity index (χ4v) is 4.25. The minimum Gasteiger partial charge on any atom is -0.369 e. The van der Waals surface area contributed by atoms with Gasteiger partial charge in [0.05, 0.1) is 5.39 Å². The van der Waals surface area contributed by atoms with E-state index in [9.17, 15) is 0 Å². The average Bonchev–Trinajstić information content (AvgIpc) is 3.46. The molecule has 26 heavy (non-hydrogen) atoms. The quantitative estimate of drug-likeness (QED) is 0.785. The van der Waals surface area contributed by atoms with Crippen LogP contribution in [-0.4, -0.2) is 57.1 Å². The molecule has 0 radical (unpaired) electrons. The number of H-pyrrole nitrogens is 1. The Labute approximate surface area is 153 Å². The number of hydrogen-bond acceptors (Lipinski definition) is 5. The van der Waals surface area contributed by atoms with Crippen molar-refractivity contribution in [1.29, 1.82) is 0 Å². The third-order valence-corrected chi connectivity index (χ3v) is 5.86. The van der Waals surface area contributed by atoms with E-state index in [1.807, 2.05) is 24.8 Å². The number of piperidine rings is 1. The van der Waals surface area contributed by atoms with Gasteiger partial charge < -0.3 is 9.88 Å². The molecule has 6 heteroatoms. The van der Waals surface area contributed by atoms with Crippen LogP contribution < -0.4 is 4.90 Å². The lowest BCUT2D eigenvalue weighted by atomic mass is 10.0. The van der Waals surface area contributed by atoms with Crippen molar-refractivity contribution >= 4 is 16.7 Å². The van der Waals surface area contributed by atoms with Crippen LogP contribution in [0.3, 0.4) is 0 Å². The minimum absolute atomic E-state index is 0.641. The predicted octanol–water partition coefficient (Wildman–Crippen LogP) is 3.08. The molecule has 6 nitrogen and oxygen atoms in total. The van der Waals surface area contributed by atoms with Gasteiger partial charge in [-0.25, -0.2) is 15.0 Å². The Hall–Kier alpha value is -2.47. The number of aromatic nitrogens is 4. The monoisotopic (exact) mass is 348 g/mol. The molecule has 4 heterocycles. The molecule has 5 rings (SSSR count). The predicted molar refractivity (Wildman–Crippen MR) is 103 cm³/mol. The summed E-state index contributed by atoms with van der Waals surface area (Å²) in [4.78, 5) is 21.4. The van der Waals surface area contributed by atoms with Crippen molar-refractivity contribution in [3.05, 3.63) is 37.2 Å². The topological polar surface area (TPSA) is 60.9 Å². The molecule has 0 unspecified atom stereocenters. The Bertz CT molecular complexity index is 901. The number of nitrogens with one attached hydrogen (secondary N) is 1. The van der Waals surface area contributed by atoms with Crippen molar-refractivity contribution in [2.24, 2.45) is 0 Å². The average molecular weight is 348 g/mol. The van der Waals surface area contributed by atoms with Crippen molar-refractivity contribution in [3.63, 3.8) is 0 Å². The van der Waals surface area contributed by atoms with Crippen LogP contribution in [0.25, 0.3) is 22.2 Å². The van der Waals surface area contributed by atoms with Crippen LogP contribution in [0.5, 0.6) is 0 Å². The van der Waals surface area contributed by atoms with Crippen LogP contribution in [0.15, 0.2) is 37.2 Å². The summed E-state index contributed by atoms with van der Waals surface area (Å²) in [5.41, 5.74) is 4.35. The number of fused-ring (bicyclic) bond motifs is 1. The highest BCUT2D eigenvalue weighted by Crippen LogP contribution is 2.36. The molecule has 134 valence electrons. The van der Waals surface area contributed by atoms with Gasteiger partial charge in [-0.2, -0.15) is 0 Å². The minimum atomic E-state index is 0.641. The molecule has 2 fully saturated rings. The van der Waals surface area contributed by atoms with Crippen molar-refractivity contribution in [2.45, 2.75) is 37.8 Å². The standard InChI is InChI=1S/C20H24N6/c1-25(15-4-5-15)16-3-2-8-26(12-16)18-6-7-23-20-19(18)17(11-24-20)14-9-21-13-22-10-14/h6-7,9-11,13,15-16H,2-5,8,12H2,1H3,(H,23,24)/t16-/m0/s1. The second-order valence-electron chi connectivity index (χ2n) is 7.52. The molecule has 1 atom stereocenters. The summed E-state index contributed by atoms with van der Waals surface area (Å²) < 4.78 is 0. The highest BCUT2D eigenvalue weighted by molar-refractivity contribution is 6.02. The van der Waals surface area contributed by atoms with Crippen LogP contribution in [0, 0.1) is 0 Å². The van der Waals surface area contributed by atoms with E-state index in [2.05, 4.69) is 42.8 Å². The number of anilines is 1. The summed E-state index contributed by atoms with van der Waals surface area (Å²) >= 11 is 0. The SMILES string of the molecule is CN(C1CC1)[C@H]1CCCN(c2ccnc3[nH]cc(-c4cncnc4)c23)C1. The Morgan fingerprint density at radius 1 is 1.15 bits per heavy atom. The summed E-state index contributed by atoms with van der Waals surface area (Å²) in [5, 5.41) is 1.18. The van der Waals surface area contributed by atoms with Gasteiger partial charge in [0.1, 0.15) is 12.0 Å². The summed E-state index contributed by atoms with van der Waals surface area (Å²) in [6, 6.07) is 3.60. The molecule has 1 N–H and O–H groups in total. The van der Waals surface area contributed by atoms with Crippen LogP contribution in [-0.2, 0) is 0 Å². The zero-order chi connectivity index (χ0) is 17.5. The number of hydrogen-bond donors (Lipinski definition) is 1. The lowest BCUT2D eigenvalue weighted by Crippen LogP contribution is -2.47. The summed E-state index contributed by atoms with van der Waals surface area (Å²) in [7, 11) is 2.30. The Morgan fingerprint density at radius 2 is 2.00 bits per heavy atom. The molecular weight excluding hydrogens is 324 g/mol. The molecule has 0 spiro atoms. The lowest BCUT2D eigenvalue weighted by Gasteiger charge is -2.39. The van der Waals surface area contributed by atoms with Crippen LogP contribution in [0.4, 0.5) is 5.69 Å². The molecule has 1 aliphatic carbocycles. The normalized spacial score (nSPS) is 20.8. The van der Waals surface area contributed by atoms with E-state index in [0.29, 0.717) is 6.04 Å². The maximum Gasteiger partial charge on any atom is 0.139 e. The Morgan fingerprint density at radius 3 is 2.81 bits per heavy atom. The smallest absolute Gasteiger partial charge is 0.139 e. The van der Waals surface area contributed by atoms with E-state index in [1.54, 1.807) is 6.33 Å². The van der Waals surface area contributed by atoms with Gasteiger partial charge in [0.15, 0.2) is 0 Å².